The molecule has 0 radical (unpaired) electrons. The van der Waals surface area contributed by atoms with E-state index in [9.17, 15) is 4.79 Å². The topological polar surface area (TPSA) is 40.5 Å². The van der Waals surface area contributed by atoms with Crippen LogP contribution in [0.5, 0.6) is 0 Å². The molecule has 1 aliphatic heterocycles. The van der Waals surface area contributed by atoms with Gasteiger partial charge in [0, 0.05) is 7.05 Å². The predicted molar refractivity (Wildman–Crippen MR) is 31.2 cm³/mol. The van der Waals surface area contributed by atoms with E-state index in [0.717, 1.165) is 0 Å². The first-order chi connectivity index (χ1) is 3.72. The molecule has 1 atom stereocenters. The average Bonchev–Trinajstić information content (AvgIpc) is 1.98. The summed E-state index contributed by atoms with van der Waals surface area (Å²) in [4.78, 5) is 11.9. The Morgan fingerprint density at radius 3 is 2.75 bits per heavy atom. The van der Waals surface area contributed by atoms with E-state index in [1.165, 1.54) is 16.7 Å². The normalized spacial score (nSPS) is 29.5. The van der Waals surface area contributed by atoms with Crippen LogP contribution in [0.1, 0.15) is 0 Å². The SMILES string of the molecule is CN1C(=O)CSC1O. The fraction of sp³-hybridized carbons (Fsp3) is 0.750. The third kappa shape index (κ3) is 0.809. The van der Waals surface area contributed by atoms with Crippen molar-refractivity contribution in [3.8, 4) is 0 Å². The molecule has 1 rings (SSSR count). The van der Waals surface area contributed by atoms with E-state index < -0.39 is 5.56 Å². The van der Waals surface area contributed by atoms with Crippen molar-refractivity contribution in [2.75, 3.05) is 12.8 Å². The Balaban J connectivity index is 2.56. The van der Waals surface area contributed by atoms with Gasteiger partial charge in [-0.1, -0.05) is 11.8 Å². The number of hydrogen-bond acceptors (Lipinski definition) is 3. The molecule has 0 aliphatic carbocycles. The van der Waals surface area contributed by atoms with Gasteiger partial charge in [-0.2, -0.15) is 0 Å². The van der Waals surface area contributed by atoms with Gasteiger partial charge in [-0.15, -0.1) is 0 Å². The molecule has 1 saturated heterocycles. The Hall–Kier alpha value is -0.220. The number of carbonyl (C=O) groups excluding carboxylic acids is 1. The summed E-state index contributed by atoms with van der Waals surface area (Å²) in [6.07, 6.45) is 0. The number of carbonyl (C=O) groups is 1. The van der Waals surface area contributed by atoms with Crippen molar-refractivity contribution in [2.24, 2.45) is 0 Å². The van der Waals surface area contributed by atoms with Gasteiger partial charge in [0.1, 0.15) is 0 Å². The summed E-state index contributed by atoms with van der Waals surface area (Å²) in [5.41, 5.74) is -0.609. The summed E-state index contributed by atoms with van der Waals surface area (Å²) in [6, 6.07) is 0. The third-order valence-corrected chi connectivity index (χ3v) is 2.11. The molecule has 4 heteroatoms. The molecule has 0 aromatic heterocycles. The van der Waals surface area contributed by atoms with Gasteiger partial charge in [0.15, 0.2) is 5.56 Å². The standard InChI is InChI=1S/C4H7NO2S/c1-5-3(6)2-8-4(5)7/h4,7H,2H2,1H3. The molecule has 0 aromatic rings. The molecule has 1 fully saturated rings. The molecule has 1 heterocycles. The maximum atomic E-state index is 10.5. The number of hydrogen-bond donors (Lipinski definition) is 1. The highest BCUT2D eigenvalue weighted by Crippen LogP contribution is 2.19. The fourth-order valence-corrected chi connectivity index (χ4v) is 1.32. The quantitative estimate of drug-likeness (QED) is 0.483. The van der Waals surface area contributed by atoms with E-state index in [0.29, 0.717) is 5.75 Å². The highest BCUT2D eigenvalue weighted by atomic mass is 32.2. The second-order valence-electron chi connectivity index (χ2n) is 1.64. The van der Waals surface area contributed by atoms with Gasteiger partial charge < -0.3 is 10.0 Å². The molecular formula is C4H7NO2S. The van der Waals surface area contributed by atoms with Crippen LogP contribution < -0.4 is 0 Å². The lowest BCUT2D eigenvalue weighted by Gasteiger charge is -2.10. The number of amides is 1. The van der Waals surface area contributed by atoms with Gasteiger partial charge in [0.2, 0.25) is 5.91 Å². The van der Waals surface area contributed by atoms with Crippen LogP contribution in [0.3, 0.4) is 0 Å². The van der Waals surface area contributed by atoms with E-state index in [2.05, 4.69) is 0 Å². The van der Waals surface area contributed by atoms with Crippen molar-refractivity contribution < 1.29 is 9.90 Å². The first-order valence-corrected chi connectivity index (χ1v) is 3.32. The molecule has 0 spiro atoms. The van der Waals surface area contributed by atoms with Gasteiger partial charge in [-0.25, -0.2) is 0 Å². The van der Waals surface area contributed by atoms with Gasteiger partial charge in [-0.05, 0) is 0 Å². The van der Waals surface area contributed by atoms with Crippen LogP contribution in [0.15, 0.2) is 0 Å². The average molecular weight is 133 g/mol. The van der Waals surface area contributed by atoms with Crippen LogP contribution in [0.25, 0.3) is 0 Å². The summed E-state index contributed by atoms with van der Waals surface area (Å²) in [5.74, 6) is 0.417. The summed E-state index contributed by atoms with van der Waals surface area (Å²) in [6.45, 7) is 0. The lowest BCUT2D eigenvalue weighted by Crippen LogP contribution is -2.27. The highest BCUT2D eigenvalue weighted by molar-refractivity contribution is 8.00. The molecule has 46 valence electrons. The van der Waals surface area contributed by atoms with Crippen LogP contribution in [0.2, 0.25) is 0 Å². The van der Waals surface area contributed by atoms with E-state index in [1.807, 2.05) is 0 Å². The van der Waals surface area contributed by atoms with Gasteiger partial charge in [0.05, 0.1) is 5.75 Å². The van der Waals surface area contributed by atoms with E-state index in [1.54, 1.807) is 7.05 Å². The molecule has 0 bridgehead atoms. The van der Waals surface area contributed by atoms with Crippen molar-refractivity contribution in [1.29, 1.82) is 0 Å². The van der Waals surface area contributed by atoms with E-state index in [4.69, 9.17) is 5.11 Å². The monoisotopic (exact) mass is 133 g/mol. The lowest BCUT2D eigenvalue weighted by atomic mass is 10.6. The Kier molecular flexibility index (Phi) is 1.44. The number of rotatable bonds is 0. The third-order valence-electron chi connectivity index (χ3n) is 1.08. The summed E-state index contributed by atoms with van der Waals surface area (Å²) < 4.78 is 0. The minimum atomic E-state index is -0.609. The minimum absolute atomic E-state index is 0.00231. The Morgan fingerprint density at radius 1 is 2.00 bits per heavy atom. The molecule has 1 aliphatic rings. The predicted octanol–water partition coefficient (Wildman–Crippen LogP) is -0.533. The zero-order valence-electron chi connectivity index (χ0n) is 4.50. The summed E-state index contributed by atoms with van der Waals surface area (Å²) in [5, 5.41) is 8.84. The van der Waals surface area contributed by atoms with Crippen LogP contribution in [-0.2, 0) is 4.79 Å². The first-order valence-electron chi connectivity index (χ1n) is 2.27. The molecule has 1 unspecified atom stereocenters. The first kappa shape index (κ1) is 5.91. The van der Waals surface area contributed by atoms with Gasteiger partial charge >= 0.3 is 0 Å². The van der Waals surface area contributed by atoms with Crippen molar-refractivity contribution in [2.45, 2.75) is 5.56 Å². The van der Waals surface area contributed by atoms with E-state index >= 15 is 0 Å². The van der Waals surface area contributed by atoms with Crippen molar-refractivity contribution in [1.82, 2.24) is 4.90 Å². The van der Waals surface area contributed by atoms with Crippen LogP contribution >= 0.6 is 11.8 Å². The summed E-state index contributed by atoms with van der Waals surface area (Å²) >= 11 is 1.25. The number of thioether (sulfide) groups is 1. The van der Waals surface area contributed by atoms with Crippen LogP contribution in [0, 0.1) is 0 Å². The van der Waals surface area contributed by atoms with E-state index in [-0.39, 0.29) is 5.91 Å². The van der Waals surface area contributed by atoms with Gasteiger partial charge in [-0.3, -0.25) is 4.79 Å². The molecular weight excluding hydrogens is 126 g/mol. The Morgan fingerprint density at radius 2 is 2.62 bits per heavy atom. The van der Waals surface area contributed by atoms with Crippen molar-refractivity contribution in [3.63, 3.8) is 0 Å². The Bertz CT molecular complexity index is 117. The number of aliphatic hydroxyl groups excluding tert-OH is 1. The maximum absolute atomic E-state index is 10.5. The summed E-state index contributed by atoms with van der Waals surface area (Å²) in [7, 11) is 1.59. The van der Waals surface area contributed by atoms with Crippen LogP contribution in [-0.4, -0.2) is 34.3 Å². The second-order valence-corrected chi connectivity index (χ2v) is 2.69. The molecule has 1 amide bonds. The van der Waals surface area contributed by atoms with Gasteiger partial charge in [0.25, 0.3) is 0 Å². The van der Waals surface area contributed by atoms with Crippen molar-refractivity contribution >= 4 is 17.7 Å². The largest absolute Gasteiger partial charge is 0.364 e. The zero-order valence-corrected chi connectivity index (χ0v) is 5.31. The highest BCUT2D eigenvalue weighted by Gasteiger charge is 2.25. The zero-order chi connectivity index (χ0) is 6.15. The molecule has 3 nitrogen and oxygen atoms in total. The fourth-order valence-electron chi connectivity index (χ4n) is 0.483. The number of aliphatic hydroxyl groups is 1. The molecule has 0 saturated carbocycles. The van der Waals surface area contributed by atoms with Crippen LogP contribution in [0.4, 0.5) is 0 Å². The Labute approximate surface area is 51.7 Å². The second kappa shape index (κ2) is 1.95. The minimum Gasteiger partial charge on any atom is -0.364 e. The molecule has 0 aromatic carbocycles. The maximum Gasteiger partial charge on any atom is 0.235 e. The molecule has 1 N–H and O–H groups in total. The lowest BCUT2D eigenvalue weighted by molar-refractivity contribution is -0.129. The molecule has 8 heavy (non-hydrogen) atoms. The smallest absolute Gasteiger partial charge is 0.235 e. The van der Waals surface area contributed by atoms with Crippen molar-refractivity contribution in [3.05, 3.63) is 0 Å². The number of nitrogens with zero attached hydrogens (tertiary/aromatic N) is 1.